The number of benzene rings is 2. The summed E-state index contributed by atoms with van der Waals surface area (Å²) < 4.78 is 0.839. The first kappa shape index (κ1) is 16.5. The molecule has 0 spiro atoms. The molecule has 0 saturated heterocycles. The number of carbonyl (C=O) groups is 2. The number of carbonyl (C=O) groups excluding carboxylic acids is 2. The molecule has 2 rings (SSSR count). The fraction of sp³-hybridized carbons (Fsp3) is 0.125. The summed E-state index contributed by atoms with van der Waals surface area (Å²) in [5.41, 5.74) is 1.11. The van der Waals surface area contributed by atoms with Crippen LogP contribution < -0.4 is 10.6 Å². The van der Waals surface area contributed by atoms with Crippen molar-refractivity contribution in [1.82, 2.24) is 5.32 Å². The first-order valence-electron chi connectivity index (χ1n) is 6.64. The van der Waals surface area contributed by atoms with Gasteiger partial charge in [-0.2, -0.15) is 0 Å². The van der Waals surface area contributed by atoms with Gasteiger partial charge in [0.2, 0.25) is 5.91 Å². The van der Waals surface area contributed by atoms with Crippen LogP contribution in [0.15, 0.2) is 53.0 Å². The van der Waals surface area contributed by atoms with E-state index < -0.39 is 0 Å². The predicted octanol–water partition coefficient (Wildman–Crippen LogP) is 3.86. The van der Waals surface area contributed by atoms with Crippen LogP contribution in [-0.4, -0.2) is 18.4 Å². The molecule has 0 heterocycles. The number of nitrogens with one attached hydrogen (secondary N) is 2. The van der Waals surface area contributed by atoms with Gasteiger partial charge in [-0.1, -0.05) is 45.7 Å². The van der Waals surface area contributed by atoms with Gasteiger partial charge in [-0.15, -0.1) is 0 Å². The smallest absolute Gasteiger partial charge is 0.251 e. The van der Waals surface area contributed by atoms with Crippen molar-refractivity contribution in [2.75, 3.05) is 11.9 Å². The Labute approximate surface area is 142 Å². The number of halogens is 2. The molecule has 0 aromatic heterocycles. The molecule has 0 aliphatic carbocycles. The molecule has 2 amide bonds. The normalized spacial score (nSPS) is 10.1. The number of amides is 2. The van der Waals surface area contributed by atoms with Crippen molar-refractivity contribution in [2.24, 2.45) is 0 Å². The molecular weight excluding hydrogens is 368 g/mol. The quantitative estimate of drug-likeness (QED) is 0.826. The molecule has 0 aliphatic rings. The number of anilines is 1. The second-order valence-electron chi connectivity index (χ2n) is 4.54. The summed E-state index contributed by atoms with van der Waals surface area (Å²) in [5.74, 6) is -0.410. The molecule has 114 valence electrons. The second kappa shape index (κ2) is 7.96. The largest absolute Gasteiger partial charge is 0.352 e. The van der Waals surface area contributed by atoms with E-state index in [9.17, 15) is 9.59 Å². The minimum absolute atomic E-state index is 0.172. The fourth-order valence-corrected chi connectivity index (χ4v) is 2.51. The summed E-state index contributed by atoms with van der Waals surface area (Å²) in [5, 5.41) is 5.86. The SMILES string of the molecule is O=C(CCNC(=O)c1ccccc1)Nc1ccc(Br)cc1Cl. The first-order valence-corrected chi connectivity index (χ1v) is 7.81. The predicted molar refractivity (Wildman–Crippen MR) is 91.2 cm³/mol. The van der Waals surface area contributed by atoms with Crippen LogP contribution in [0, 0.1) is 0 Å². The Morgan fingerprint density at radius 1 is 1.09 bits per heavy atom. The van der Waals surface area contributed by atoms with E-state index >= 15 is 0 Å². The molecule has 0 radical (unpaired) electrons. The van der Waals surface area contributed by atoms with Gasteiger partial charge >= 0.3 is 0 Å². The molecule has 22 heavy (non-hydrogen) atoms. The summed E-state index contributed by atoms with van der Waals surface area (Å²) in [4.78, 5) is 23.6. The first-order chi connectivity index (χ1) is 10.6. The lowest BCUT2D eigenvalue weighted by atomic mass is 10.2. The minimum atomic E-state index is -0.211. The van der Waals surface area contributed by atoms with Gasteiger partial charge in [-0.25, -0.2) is 0 Å². The van der Waals surface area contributed by atoms with Crippen LogP contribution >= 0.6 is 27.5 Å². The van der Waals surface area contributed by atoms with E-state index in [-0.39, 0.29) is 24.8 Å². The lowest BCUT2D eigenvalue weighted by Crippen LogP contribution is -2.27. The van der Waals surface area contributed by atoms with E-state index in [0.717, 1.165) is 4.47 Å². The summed E-state index contributed by atoms with van der Waals surface area (Å²) >= 11 is 9.32. The average Bonchev–Trinajstić information content (AvgIpc) is 2.51. The van der Waals surface area contributed by atoms with Gasteiger partial charge in [-0.05, 0) is 30.3 Å². The number of rotatable bonds is 5. The Hall–Kier alpha value is -1.85. The minimum Gasteiger partial charge on any atom is -0.352 e. The molecule has 2 N–H and O–H groups in total. The molecular formula is C16H14BrClN2O2. The van der Waals surface area contributed by atoms with Crippen molar-refractivity contribution in [1.29, 1.82) is 0 Å². The Morgan fingerprint density at radius 3 is 2.50 bits per heavy atom. The summed E-state index contributed by atoms with van der Waals surface area (Å²) in [6.07, 6.45) is 0.172. The zero-order valence-corrected chi connectivity index (χ0v) is 13.9. The Morgan fingerprint density at radius 2 is 1.82 bits per heavy atom. The molecule has 2 aromatic rings. The van der Waals surface area contributed by atoms with Crippen LogP contribution in [-0.2, 0) is 4.79 Å². The van der Waals surface area contributed by atoms with Crippen LogP contribution in [0.5, 0.6) is 0 Å². The Balaban J connectivity index is 1.80. The standard InChI is InChI=1S/C16H14BrClN2O2/c17-12-6-7-14(13(18)10-12)20-15(21)8-9-19-16(22)11-4-2-1-3-5-11/h1-7,10H,8-9H2,(H,19,22)(H,20,21). The third-order valence-corrected chi connectivity index (χ3v) is 3.68. The van der Waals surface area contributed by atoms with E-state index in [4.69, 9.17) is 11.6 Å². The molecule has 0 bridgehead atoms. The average molecular weight is 382 g/mol. The highest BCUT2D eigenvalue weighted by atomic mass is 79.9. The van der Waals surface area contributed by atoms with Crippen LogP contribution in [0.25, 0.3) is 0 Å². The van der Waals surface area contributed by atoms with Gasteiger partial charge in [0.1, 0.15) is 0 Å². The molecule has 0 saturated carbocycles. The maximum absolute atomic E-state index is 11.8. The van der Waals surface area contributed by atoms with Crippen molar-refractivity contribution in [2.45, 2.75) is 6.42 Å². The summed E-state index contributed by atoms with van der Waals surface area (Å²) in [6.45, 7) is 0.258. The number of hydrogen-bond donors (Lipinski definition) is 2. The fourth-order valence-electron chi connectivity index (χ4n) is 1.78. The van der Waals surface area contributed by atoms with E-state index in [0.29, 0.717) is 16.3 Å². The summed E-state index contributed by atoms with van der Waals surface area (Å²) in [7, 11) is 0. The lowest BCUT2D eigenvalue weighted by molar-refractivity contribution is -0.116. The maximum atomic E-state index is 11.8. The third-order valence-electron chi connectivity index (χ3n) is 2.88. The van der Waals surface area contributed by atoms with E-state index in [2.05, 4.69) is 26.6 Å². The molecule has 0 fully saturated rings. The molecule has 0 aliphatic heterocycles. The zero-order chi connectivity index (χ0) is 15.9. The zero-order valence-electron chi connectivity index (χ0n) is 11.6. The van der Waals surface area contributed by atoms with Crippen molar-refractivity contribution in [3.8, 4) is 0 Å². The van der Waals surface area contributed by atoms with Gasteiger partial charge in [-0.3, -0.25) is 9.59 Å². The topological polar surface area (TPSA) is 58.2 Å². The van der Waals surface area contributed by atoms with Crippen molar-refractivity contribution >= 4 is 45.0 Å². The Kier molecular flexibility index (Phi) is 5.98. The van der Waals surface area contributed by atoms with Crippen LogP contribution in [0.4, 0.5) is 5.69 Å². The van der Waals surface area contributed by atoms with Crippen molar-refractivity contribution < 1.29 is 9.59 Å². The van der Waals surface area contributed by atoms with E-state index in [1.165, 1.54) is 0 Å². The van der Waals surface area contributed by atoms with E-state index in [1.54, 1.807) is 42.5 Å². The molecule has 0 unspecified atom stereocenters. The molecule has 4 nitrogen and oxygen atoms in total. The third kappa shape index (κ3) is 4.86. The highest BCUT2D eigenvalue weighted by molar-refractivity contribution is 9.10. The van der Waals surface area contributed by atoms with Gasteiger partial charge in [0.05, 0.1) is 10.7 Å². The van der Waals surface area contributed by atoms with Gasteiger partial charge in [0.15, 0.2) is 0 Å². The van der Waals surface area contributed by atoms with Gasteiger partial charge in [0, 0.05) is 23.0 Å². The highest BCUT2D eigenvalue weighted by Gasteiger charge is 2.08. The van der Waals surface area contributed by atoms with Gasteiger partial charge in [0.25, 0.3) is 5.91 Å². The number of hydrogen-bond acceptors (Lipinski definition) is 2. The van der Waals surface area contributed by atoms with Crippen molar-refractivity contribution in [3.05, 3.63) is 63.6 Å². The highest BCUT2D eigenvalue weighted by Crippen LogP contribution is 2.25. The van der Waals surface area contributed by atoms with Crippen LogP contribution in [0.2, 0.25) is 5.02 Å². The Bertz CT molecular complexity index is 677. The summed E-state index contributed by atoms with van der Waals surface area (Å²) in [6, 6.07) is 14.1. The lowest BCUT2D eigenvalue weighted by Gasteiger charge is -2.08. The van der Waals surface area contributed by atoms with Crippen molar-refractivity contribution in [3.63, 3.8) is 0 Å². The molecule has 6 heteroatoms. The van der Waals surface area contributed by atoms with Crippen LogP contribution in [0.3, 0.4) is 0 Å². The molecule has 2 aromatic carbocycles. The second-order valence-corrected chi connectivity index (χ2v) is 5.87. The van der Waals surface area contributed by atoms with Gasteiger partial charge < -0.3 is 10.6 Å². The molecule has 0 atom stereocenters. The monoisotopic (exact) mass is 380 g/mol. The van der Waals surface area contributed by atoms with Crippen LogP contribution in [0.1, 0.15) is 16.8 Å². The maximum Gasteiger partial charge on any atom is 0.251 e. The van der Waals surface area contributed by atoms with E-state index in [1.807, 2.05) is 6.07 Å².